The van der Waals surface area contributed by atoms with Crippen molar-refractivity contribution < 1.29 is 59.7 Å². The lowest BCUT2D eigenvalue weighted by Gasteiger charge is -2.10. The molecule has 3 heterocycles. The van der Waals surface area contributed by atoms with Crippen molar-refractivity contribution in [2.24, 2.45) is 0 Å². The number of carboxylic acid groups (broad SMARTS) is 2. The smallest absolute Gasteiger partial charge is 0.355 e. The van der Waals surface area contributed by atoms with Gasteiger partial charge in [0.25, 0.3) is 10.0 Å². The van der Waals surface area contributed by atoms with Crippen LogP contribution in [0.1, 0.15) is 28.6 Å². The van der Waals surface area contributed by atoms with Crippen LogP contribution in [0.25, 0.3) is 16.6 Å². The third-order valence-corrected chi connectivity index (χ3v) is 10.5. The van der Waals surface area contributed by atoms with Crippen LogP contribution in [0, 0.1) is 13.8 Å². The summed E-state index contributed by atoms with van der Waals surface area (Å²) in [6.45, 7) is -0.722. The number of amides is 2. The average molecular weight is 992 g/mol. The van der Waals surface area contributed by atoms with Crippen LogP contribution in [0.5, 0.6) is 11.8 Å². The van der Waals surface area contributed by atoms with Crippen LogP contribution >= 0.6 is 34.8 Å². The summed E-state index contributed by atoms with van der Waals surface area (Å²) in [5.41, 5.74) is -1.18. The summed E-state index contributed by atoms with van der Waals surface area (Å²) in [6.07, 6.45) is 2.51. The maximum Gasteiger partial charge on any atom is 0.355 e. The predicted molar refractivity (Wildman–Crippen MR) is 226 cm³/mol. The highest BCUT2D eigenvalue weighted by Crippen LogP contribution is 2.32. The number of alkyl halides is 2. The van der Waals surface area contributed by atoms with Crippen molar-refractivity contribution in [1.82, 2.24) is 39.0 Å². The van der Waals surface area contributed by atoms with Crippen molar-refractivity contribution >= 4 is 95.4 Å². The van der Waals surface area contributed by atoms with Gasteiger partial charge >= 0.3 is 36.2 Å². The normalized spacial score (nSPS) is 11.1. The minimum Gasteiger partial charge on any atom is -0.480 e. The van der Waals surface area contributed by atoms with Gasteiger partial charge in [0.2, 0.25) is 16.0 Å². The van der Waals surface area contributed by atoms with E-state index in [0.717, 1.165) is 29.8 Å². The Morgan fingerprint density at radius 3 is 2.20 bits per heavy atom. The van der Waals surface area contributed by atoms with Crippen molar-refractivity contribution in [3.8, 4) is 17.4 Å². The Kier molecular flexibility index (Phi) is 16.4. The van der Waals surface area contributed by atoms with E-state index in [4.69, 9.17) is 54.5 Å². The number of benzene rings is 3. The molecule has 0 radical (unpaired) electrons. The fourth-order valence-corrected chi connectivity index (χ4v) is 7.45. The maximum absolute atomic E-state index is 12.8. The number of aliphatic carboxylic acids is 1. The second kappa shape index (κ2) is 21.1. The molecule has 0 saturated heterocycles. The lowest BCUT2D eigenvalue weighted by molar-refractivity contribution is -0.139. The van der Waals surface area contributed by atoms with Gasteiger partial charge in [-0.25, -0.2) is 45.3 Å². The molecule has 0 spiro atoms. The van der Waals surface area contributed by atoms with Gasteiger partial charge in [-0.1, -0.05) is 46.9 Å². The predicted octanol–water partition coefficient (Wildman–Crippen LogP) is 5.16. The molecule has 0 aliphatic carbocycles. The molecule has 0 atom stereocenters. The van der Waals surface area contributed by atoms with Gasteiger partial charge in [-0.2, -0.15) is 28.4 Å². The van der Waals surface area contributed by atoms with Crippen LogP contribution in [0.3, 0.4) is 0 Å². The Hall–Kier alpha value is -6.74. The summed E-state index contributed by atoms with van der Waals surface area (Å²) in [4.78, 5) is 60.4. The van der Waals surface area contributed by atoms with Gasteiger partial charge in [-0.05, 0) is 62.4 Å². The summed E-state index contributed by atoms with van der Waals surface area (Å²) < 4.78 is 87.4. The van der Waals surface area contributed by atoms with Crippen LogP contribution in [0.15, 0.2) is 76.6 Å². The molecule has 340 valence electrons. The zero-order chi connectivity index (χ0) is 47.7. The number of carbonyl (C=O) groups is 3. The average Bonchev–Trinajstić information content (AvgIpc) is 3.51. The van der Waals surface area contributed by atoms with Crippen molar-refractivity contribution in [1.29, 1.82) is 0 Å². The molecule has 2 amide bonds. The number of aryl methyl sites for hydroxylation is 2. The molecule has 3 aromatic carbocycles. The molecule has 22 nitrogen and oxygen atoms in total. The number of fused-ring (bicyclic) bond motifs is 1. The Morgan fingerprint density at radius 1 is 0.906 bits per heavy atom. The van der Waals surface area contributed by atoms with Crippen LogP contribution < -0.4 is 29.9 Å². The van der Waals surface area contributed by atoms with Gasteiger partial charge in [0, 0.05) is 11.6 Å². The molecule has 64 heavy (non-hydrogen) atoms. The number of methoxy groups -OCH3 is 1. The molecule has 0 aliphatic heterocycles. The number of urea groups is 1. The molecule has 3 aromatic heterocycles. The fraction of sp³-hybridized carbons (Fsp3) is 0.171. The molecule has 29 heteroatoms. The number of ether oxygens (including phenoxy) is 2. The number of nitrogens with one attached hydrogen (secondary N) is 3. The first-order valence-corrected chi connectivity index (χ1v) is 21.7. The Morgan fingerprint density at radius 2 is 1.59 bits per heavy atom. The summed E-state index contributed by atoms with van der Waals surface area (Å²) in [7, 11) is -6.76. The number of sulfonamides is 2. The number of rotatable bonds is 12. The molecule has 0 aliphatic rings. The third-order valence-electron chi connectivity index (χ3n) is 7.54. The maximum atomic E-state index is 12.8. The van der Waals surface area contributed by atoms with E-state index in [0.29, 0.717) is 21.0 Å². The van der Waals surface area contributed by atoms with Gasteiger partial charge in [0.15, 0.2) is 6.61 Å². The zero-order valence-electron chi connectivity index (χ0n) is 32.9. The number of nitrogens with zero attached hydrogens (tertiary/aromatic N) is 7. The molecule has 6 rings (SSSR count). The summed E-state index contributed by atoms with van der Waals surface area (Å²) in [5, 5.41) is 24.6. The summed E-state index contributed by atoms with van der Waals surface area (Å²) >= 11 is 17.8. The van der Waals surface area contributed by atoms with E-state index in [1.807, 2.05) is 0 Å². The molecular weight excluding hydrogens is 961 g/mol. The standard InChI is InChI=1S/C13H13N5O6S.C11H10Cl2F2N4O3S.C11H8ClNO3/c1-7-14-11(17-13(15-7)24-2)16-12(21)18-25(22,23)9-6-4-3-5-8(9)10(19)20;1-5-16-19(11(20)18(5)10(14)15)9-4-8(17-23(2,21)22)6(12)3-7(9)13;12-8-3-4-9(16-6-10(14)15)11-7(8)2-1-5-13-11/h3-6H,1-2H3,(H,19,20)(H2,14,15,16,17,18,21);3-4,10,17H,1-2H3;1-5H,6H2,(H,14,15). The Balaban J connectivity index is 0.000000215. The highest BCUT2D eigenvalue weighted by Gasteiger charge is 2.25. The van der Waals surface area contributed by atoms with Crippen LogP contribution in [-0.2, 0) is 24.8 Å². The zero-order valence-corrected chi connectivity index (χ0v) is 36.8. The van der Waals surface area contributed by atoms with Gasteiger partial charge in [-0.3, -0.25) is 15.0 Å². The van der Waals surface area contributed by atoms with E-state index in [-0.39, 0.29) is 49.6 Å². The van der Waals surface area contributed by atoms with Crippen LogP contribution in [0.2, 0.25) is 15.1 Å². The lowest BCUT2D eigenvalue weighted by Crippen LogP contribution is -2.35. The van der Waals surface area contributed by atoms with E-state index in [9.17, 15) is 44.8 Å². The van der Waals surface area contributed by atoms with Crippen LogP contribution in [0.4, 0.5) is 25.2 Å². The molecule has 0 unspecified atom stereocenters. The second-order valence-corrected chi connectivity index (χ2v) is 16.8. The largest absolute Gasteiger partial charge is 0.480 e. The minimum atomic E-state index is -4.43. The summed E-state index contributed by atoms with van der Waals surface area (Å²) in [6, 6.07) is 12.8. The van der Waals surface area contributed by atoms with Gasteiger partial charge in [0.05, 0.1) is 45.4 Å². The Bertz CT molecular complexity index is 3030. The number of aromatic carboxylic acids is 1. The van der Waals surface area contributed by atoms with Gasteiger partial charge < -0.3 is 19.7 Å². The van der Waals surface area contributed by atoms with Crippen molar-refractivity contribution in [3.05, 3.63) is 110 Å². The SMILES string of the molecule is COc1nc(C)nc(NC(=O)NS(=O)(=O)c2ccccc2C(=O)O)n1.Cc1nn(-c2cc(NS(C)(=O)=O)c(Cl)cc2Cl)c(=O)n1C(F)F.O=C(O)COc1ccc(Cl)c2cccnc12. The number of anilines is 2. The first-order chi connectivity index (χ1) is 29.9. The molecule has 0 fully saturated rings. The van der Waals surface area contributed by atoms with Gasteiger partial charge in [-0.15, -0.1) is 5.10 Å². The monoisotopic (exact) mass is 990 g/mol. The number of hydrogen-bond donors (Lipinski definition) is 5. The third kappa shape index (κ3) is 13.1. The highest BCUT2D eigenvalue weighted by atomic mass is 35.5. The molecular formula is C35H31Cl3F2N10O12S2. The lowest BCUT2D eigenvalue weighted by atomic mass is 10.2. The van der Waals surface area contributed by atoms with E-state index >= 15 is 0 Å². The number of halogens is 5. The fourth-order valence-electron chi connectivity index (χ4n) is 4.99. The van der Waals surface area contributed by atoms with E-state index in [1.54, 1.807) is 35.2 Å². The molecule has 0 bridgehead atoms. The Labute approximate surface area is 374 Å². The first-order valence-electron chi connectivity index (χ1n) is 17.2. The summed E-state index contributed by atoms with van der Waals surface area (Å²) in [5.74, 6) is -2.28. The number of aromatic nitrogens is 7. The van der Waals surface area contributed by atoms with Gasteiger partial charge in [0.1, 0.15) is 27.8 Å². The molecule has 5 N–H and O–H groups in total. The van der Waals surface area contributed by atoms with E-state index in [2.05, 4.69) is 35.1 Å². The number of carboxylic acids is 2. The number of pyridine rings is 1. The quantitative estimate of drug-likeness (QED) is 0.106. The second-order valence-electron chi connectivity index (χ2n) is 12.2. The number of carbonyl (C=O) groups excluding carboxylic acids is 1. The van der Waals surface area contributed by atoms with Crippen molar-refractivity contribution in [2.45, 2.75) is 25.3 Å². The topological polar surface area (TPSA) is 306 Å². The van der Waals surface area contributed by atoms with Crippen molar-refractivity contribution in [3.63, 3.8) is 0 Å². The van der Waals surface area contributed by atoms with E-state index < -0.39 is 67.3 Å². The molecule has 6 aromatic rings. The first kappa shape index (κ1) is 49.9. The highest BCUT2D eigenvalue weighted by molar-refractivity contribution is 7.92. The van der Waals surface area contributed by atoms with Crippen LogP contribution in [-0.4, -0.2) is 99.3 Å². The number of hydrogen-bond acceptors (Lipinski definition) is 15. The molecule has 0 saturated carbocycles. The minimum absolute atomic E-state index is 0.0257. The van der Waals surface area contributed by atoms with E-state index in [1.165, 1.54) is 39.2 Å². The van der Waals surface area contributed by atoms with Crippen molar-refractivity contribution in [2.75, 3.05) is 30.0 Å².